The van der Waals surface area contributed by atoms with Gasteiger partial charge in [0.15, 0.2) is 0 Å². The van der Waals surface area contributed by atoms with Crippen molar-refractivity contribution in [1.29, 1.82) is 0 Å². The van der Waals surface area contributed by atoms with Crippen LogP contribution in [0.4, 0.5) is 10.5 Å². The van der Waals surface area contributed by atoms with Crippen LogP contribution in [0.25, 0.3) is 0 Å². The standard InChI is InChI=1S/C17H24N2O5.C11H10ClNO4/c1-11(2)9-14(15(20)18-12(3)16(21)22)19-17(23)24-10-13-7-5-4-6-8-13;1-6(15)13-9-4-2-3-8(12)10(9)7(5-14)11(16)17/h4-8,11-12,14H,9-10H2,1-3H3,(H,18,20)(H,19,23)(H,21,22);2-5,7H,1H3,(H,13,15)(H,16,17)/t12-,14-;/m0./s1. The Hall–Kier alpha value is -4.45. The number of amides is 3. The number of carboxylic acids is 2. The van der Waals surface area contributed by atoms with Crippen LogP contribution in [0.2, 0.25) is 5.02 Å². The summed E-state index contributed by atoms with van der Waals surface area (Å²) in [5, 5.41) is 25.2. The third-order valence-corrected chi connectivity index (χ3v) is 5.66. The Morgan fingerprint density at radius 1 is 0.927 bits per heavy atom. The Morgan fingerprint density at radius 2 is 1.56 bits per heavy atom. The third-order valence-electron chi connectivity index (χ3n) is 5.33. The molecule has 1 unspecified atom stereocenters. The van der Waals surface area contributed by atoms with Gasteiger partial charge in [0, 0.05) is 23.2 Å². The number of carbonyl (C=O) groups is 6. The number of nitrogens with one attached hydrogen (secondary N) is 3. The molecule has 13 heteroatoms. The molecule has 41 heavy (non-hydrogen) atoms. The zero-order chi connectivity index (χ0) is 31.1. The number of anilines is 1. The summed E-state index contributed by atoms with van der Waals surface area (Å²) in [6.07, 6.45) is -0.0735. The lowest BCUT2D eigenvalue weighted by Gasteiger charge is -2.21. The molecule has 2 aromatic rings. The van der Waals surface area contributed by atoms with E-state index in [0.29, 0.717) is 6.42 Å². The van der Waals surface area contributed by atoms with Crippen LogP contribution in [0.5, 0.6) is 0 Å². The van der Waals surface area contributed by atoms with E-state index in [4.69, 9.17) is 26.6 Å². The van der Waals surface area contributed by atoms with Gasteiger partial charge >= 0.3 is 18.0 Å². The van der Waals surface area contributed by atoms with Crippen LogP contribution < -0.4 is 16.0 Å². The largest absolute Gasteiger partial charge is 0.480 e. The van der Waals surface area contributed by atoms with Crippen LogP contribution >= 0.6 is 11.6 Å². The Bertz CT molecular complexity index is 1220. The molecule has 222 valence electrons. The zero-order valence-electron chi connectivity index (χ0n) is 23.0. The molecule has 0 spiro atoms. The van der Waals surface area contributed by atoms with Crippen LogP contribution in [-0.2, 0) is 35.3 Å². The second-order valence-electron chi connectivity index (χ2n) is 9.29. The lowest BCUT2D eigenvalue weighted by molar-refractivity contribution is -0.141. The Morgan fingerprint density at radius 3 is 2.07 bits per heavy atom. The highest BCUT2D eigenvalue weighted by Crippen LogP contribution is 2.31. The van der Waals surface area contributed by atoms with Crippen molar-refractivity contribution in [3.63, 3.8) is 0 Å². The predicted octanol–water partition coefficient (Wildman–Crippen LogP) is 3.58. The van der Waals surface area contributed by atoms with E-state index in [1.807, 2.05) is 44.2 Å². The van der Waals surface area contributed by atoms with E-state index in [2.05, 4.69) is 16.0 Å². The minimum atomic E-state index is -1.40. The van der Waals surface area contributed by atoms with Gasteiger partial charge in [-0.2, -0.15) is 0 Å². The first kappa shape index (κ1) is 34.6. The van der Waals surface area contributed by atoms with Gasteiger partial charge in [-0.15, -0.1) is 0 Å². The second-order valence-corrected chi connectivity index (χ2v) is 9.70. The lowest BCUT2D eigenvalue weighted by atomic mass is 9.98. The van der Waals surface area contributed by atoms with E-state index in [1.165, 1.54) is 26.0 Å². The third kappa shape index (κ3) is 12.5. The van der Waals surface area contributed by atoms with Crippen molar-refractivity contribution in [2.75, 3.05) is 5.32 Å². The molecule has 0 fully saturated rings. The number of aldehydes is 1. The van der Waals surface area contributed by atoms with E-state index in [0.717, 1.165) is 5.56 Å². The number of hydrogen-bond donors (Lipinski definition) is 5. The maximum atomic E-state index is 12.2. The second kappa shape index (κ2) is 17.3. The summed E-state index contributed by atoms with van der Waals surface area (Å²) < 4.78 is 5.10. The molecule has 0 aromatic heterocycles. The number of carboxylic acid groups (broad SMARTS) is 2. The summed E-state index contributed by atoms with van der Waals surface area (Å²) in [5.41, 5.74) is 1.15. The normalized spacial score (nSPS) is 12.4. The number of rotatable bonds is 12. The van der Waals surface area contributed by atoms with Gasteiger partial charge in [-0.3, -0.25) is 19.2 Å². The molecular weight excluding hydrogens is 558 g/mol. The van der Waals surface area contributed by atoms with Crippen molar-refractivity contribution in [2.45, 2.75) is 58.7 Å². The number of ether oxygens (including phenoxy) is 1. The maximum absolute atomic E-state index is 12.2. The van der Waals surface area contributed by atoms with Gasteiger partial charge in [0.2, 0.25) is 11.8 Å². The molecule has 0 saturated heterocycles. The highest BCUT2D eigenvalue weighted by molar-refractivity contribution is 6.32. The van der Waals surface area contributed by atoms with Crippen LogP contribution in [0.15, 0.2) is 48.5 Å². The summed E-state index contributed by atoms with van der Waals surface area (Å²) in [5.74, 6) is -4.64. The molecule has 0 bridgehead atoms. The molecule has 5 N–H and O–H groups in total. The van der Waals surface area contributed by atoms with Crippen molar-refractivity contribution in [3.8, 4) is 0 Å². The minimum absolute atomic E-state index is 0.0897. The van der Waals surface area contributed by atoms with Gasteiger partial charge < -0.3 is 35.7 Å². The van der Waals surface area contributed by atoms with Crippen LogP contribution in [-0.4, -0.2) is 58.4 Å². The number of halogens is 1. The Balaban J connectivity index is 0.000000435. The molecule has 0 radical (unpaired) electrons. The van der Waals surface area contributed by atoms with Gasteiger partial charge in [-0.25, -0.2) is 4.79 Å². The minimum Gasteiger partial charge on any atom is -0.480 e. The number of hydrogen-bond acceptors (Lipinski definition) is 7. The molecule has 2 rings (SSSR count). The summed E-state index contributed by atoms with van der Waals surface area (Å²) in [6, 6.07) is 11.8. The van der Waals surface area contributed by atoms with E-state index in [9.17, 15) is 28.8 Å². The van der Waals surface area contributed by atoms with Crippen LogP contribution in [0.3, 0.4) is 0 Å². The number of alkyl carbamates (subject to hydrolysis) is 1. The molecule has 0 aliphatic heterocycles. The molecular formula is C28H34ClN3O9. The van der Waals surface area contributed by atoms with Gasteiger partial charge in [0.1, 0.15) is 30.9 Å². The Kier molecular flexibility index (Phi) is 14.6. The molecule has 0 aliphatic rings. The fourth-order valence-electron chi connectivity index (χ4n) is 3.39. The molecule has 0 heterocycles. The summed E-state index contributed by atoms with van der Waals surface area (Å²) >= 11 is 5.86. The summed E-state index contributed by atoms with van der Waals surface area (Å²) in [4.78, 5) is 67.6. The average Bonchev–Trinajstić information content (AvgIpc) is 2.89. The average molecular weight is 592 g/mol. The maximum Gasteiger partial charge on any atom is 0.408 e. The van der Waals surface area contributed by atoms with Gasteiger partial charge in [-0.05, 0) is 37.0 Å². The number of aliphatic carboxylic acids is 2. The summed E-state index contributed by atoms with van der Waals surface area (Å²) in [6.45, 7) is 6.53. The quantitative estimate of drug-likeness (QED) is 0.181. The highest BCUT2D eigenvalue weighted by Gasteiger charge is 2.26. The van der Waals surface area contributed by atoms with Crippen molar-refractivity contribution in [1.82, 2.24) is 10.6 Å². The predicted molar refractivity (Wildman–Crippen MR) is 150 cm³/mol. The zero-order valence-corrected chi connectivity index (χ0v) is 23.8. The molecule has 0 saturated carbocycles. The monoisotopic (exact) mass is 591 g/mol. The topological polar surface area (TPSA) is 188 Å². The fourth-order valence-corrected chi connectivity index (χ4v) is 3.68. The molecule has 3 amide bonds. The molecule has 3 atom stereocenters. The molecule has 12 nitrogen and oxygen atoms in total. The van der Waals surface area contributed by atoms with E-state index in [1.54, 1.807) is 6.07 Å². The van der Waals surface area contributed by atoms with Gasteiger partial charge in [0.25, 0.3) is 0 Å². The van der Waals surface area contributed by atoms with Crippen molar-refractivity contribution >= 4 is 53.4 Å². The van der Waals surface area contributed by atoms with E-state index in [-0.39, 0.29) is 41.0 Å². The van der Waals surface area contributed by atoms with Crippen LogP contribution in [0.1, 0.15) is 51.2 Å². The van der Waals surface area contributed by atoms with E-state index >= 15 is 0 Å². The van der Waals surface area contributed by atoms with Gasteiger partial charge in [0.05, 0.1) is 0 Å². The van der Waals surface area contributed by atoms with Crippen molar-refractivity contribution in [3.05, 3.63) is 64.7 Å². The molecule has 0 aliphatic carbocycles. The van der Waals surface area contributed by atoms with Crippen molar-refractivity contribution in [2.24, 2.45) is 5.92 Å². The summed E-state index contributed by atoms with van der Waals surface area (Å²) in [7, 11) is 0. The van der Waals surface area contributed by atoms with E-state index < -0.39 is 41.9 Å². The first-order chi connectivity index (χ1) is 19.3. The smallest absolute Gasteiger partial charge is 0.408 e. The SMILES string of the molecule is CC(=O)Nc1cccc(Cl)c1C(C=O)C(=O)O.CC(C)C[C@H](NC(=O)OCc1ccccc1)C(=O)N[C@@H](C)C(=O)O. The van der Waals surface area contributed by atoms with Crippen molar-refractivity contribution < 1.29 is 43.7 Å². The first-order valence-corrected chi connectivity index (χ1v) is 12.9. The highest BCUT2D eigenvalue weighted by atomic mass is 35.5. The van der Waals surface area contributed by atoms with Crippen LogP contribution in [0, 0.1) is 5.92 Å². The first-order valence-electron chi connectivity index (χ1n) is 12.5. The lowest BCUT2D eigenvalue weighted by Crippen LogP contribution is -2.51. The number of carbonyl (C=O) groups excluding carboxylic acids is 4. The Labute approximate surface area is 242 Å². The van der Waals surface area contributed by atoms with Gasteiger partial charge in [-0.1, -0.05) is 61.8 Å². The fraction of sp³-hybridized carbons (Fsp3) is 0.357. The molecule has 2 aromatic carbocycles. The number of benzene rings is 2.